The summed E-state index contributed by atoms with van der Waals surface area (Å²) in [5, 5.41) is 2.97. The van der Waals surface area contributed by atoms with Gasteiger partial charge < -0.3 is 24.4 Å². The number of nitrogens with zero attached hydrogens (tertiary/aromatic N) is 3. The van der Waals surface area contributed by atoms with Gasteiger partial charge in [-0.3, -0.25) is 9.69 Å². The summed E-state index contributed by atoms with van der Waals surface area (Å²) in [6.45, 7) is 4.14. The molecule has 2 heterocycles. The third-order valence-electron chi connectivity index (χ3n) is 4.93. The van der Waals surface area contributed by atoms with Crippen LogP contribution in [0.2, 0.25) is 0 Å². The predicted molar refractivity (Wildman–Crippen MR) is 111 cm³/mol. The fourth-order valence-electron chi connectivity index (χ4n) is 3.37. The van der Waals surface area contributed by atoms with Crippen LogP contribution in [0.5, 0.6) is 17.2 Å². The van der Waals surface area contributed by atoms with E-state index in [0.29, 0.717) is 30.3 Å². The molecule has 0 bridgehead atoms. The van der Waals surface area contributed by atoms with E-state index in [9.17, 15) is 4.79 Å². The smallest absolute Gasteiger partial charge is 0.234 e. The Hall–Kier alpha value is -3.00. The molecule has 2 aromatic rings. The number of hydrogen-bond donors (Lipinski definition) is 1. The molecular formula is C21H28N4O4. The van der Waals surface area contributed by atoms with Crippen LogP contribution in [0.1, 0.15) is 5.56 Å². The third kappa shape index (κ3) is 5.29. The Kier molecular flexibility index (Phi) is 7.13. The maximum Gasteiger partial charge on any atom is 0.234 e. The number of benzene rings is 1. The van der Waals surface area contributed by atoms with E-state index in [1.165, 1.54) is 0 Å². The number of pyridine rings is 1. The molecule has 0 unspecified atom stereocenters. The van der Waals surface area contributed by atoms with Gasteiger partial charge >= 0.3 is 0 Å². The molecule has 8 heteroatoms. The van der Waals surface area contributed by atoms with Crippen LogP contribution < -0.4 is 24.4 Å². The zero-order valence-electron chi connectivity index (χ0n) is 17.2. The van der Waals surface area contributed by atoms with Crippen molar-refractivity contribution in [3.8, 4) is 17.2 Å². The number of rotatable bonds is 8. The Morgan fingerprint density at radius 3 is 2.28 bits per heavy atom. The summed E-state index contributed by atoms with van der Waals surface area (Å²) in [6, 6.07) is 9.60. The number of amides is 1. The largest absolute Gasteiger partial charge is 0.493 e. The van der Waals surface area contributed by atoms with Crippen molar-refractivity contribution in [2.24, 2.45) is 0 Å². The van der Waals surface area contributed by atoms with Crippen molar-refractivity contribution in [3.05, 3.63) is 42.1 Å². The number of ether oxygens (including phenoxy) is 3. The molecule has 1 fully saturated rings. The molecule has 1 aliphatic rings. The average Bonchev–Trinajstić information content (AvgIpc) is 2.78. The molecule has 0 aliphatic carbocycles. The molecule has 1 aromatic heterocycles. The molecule has 0 atom stereocenters. The summed E-state index contributed by atoms with van der Waals surface area (Å²) in [5.74, 6) is 2.66. The molecule has 156 valence electrons. The lowest BCUT2D eigenvalue weighted by atomic mass is 10.1. The minimum Gasteiger partial charge on any atom is -0.493 e. The highest BCUT2D eigenvalue weighted by molar-refractivity contribution is 5.78. The van der Waals surface area contributed by atoms with Crippen molar-refractivity contribution in [2.45, 2.75) is 6.54 Å². The fourth-order valence-corrected chi connectivity index (χ4v) is 3.37. The highest BCUT2D eigenvalue weighted by Gasteiger charge is 2.20. The number of methoxy groups -OCH3 is 3. The standard InChI is InChI=1S/C21H28N4O4/c1-27-17-12-16(13-18(28-2)21(17)29-3)14-23-20(26)15-24-8-10-25(11-9-24)19-6-4-5-7-22-19/h4-7,12-13H,8-11,14-15H2,1-3H3,(H,23,26). The Labute approximate surface area is 171 Å². The first-order valence-electron chi connectivity index (χ1n) is 9.58. The summed E-state index contributed by atoms with van der Waals surface area (Å²) >= 11 is 0. The molecule has 1 aliphatic heterocycles. The number of nitrogens with one attached hydrogen (secondary N) is 1. The van der Waals surface area contributed by atoms with Crippen molar-refractivity contribution in [1.29, 1.82) is 0 Å². The van der Waals surface area contributed by atoms with Crippen molar-refractivity contribution < 1.29 is 19.0 Å². The van der Waals surface area contributed by atoms with Gasteiger partial charge in [0.15, 0.2) is 11.5 Å². The molecule has 1 amide bonds. The fraction of sp³-hybridized carbons (Fsp3) is 0.429. The quantitative estimate of drug-likeness (QED) is 0.720. The highest BCUT2D eigenvalue weighted by Crippen LogP contribution is 2.38. The summed E-state index contributed by atoms with van der Waals surface area (Å²) in [5.41, 5.74) is 0.882. The van der Waals surface area contributed by atoms with Gasteiger partial charge in [0.25, 0.3) is 0 Å². The Morgan fingerprint density at radius 2 is 1.72 bits per heavy atom. The zero-order chi connectivity index (χ0) is 20.6. The van der Waals surface area contributed by atoms with Gasteiger partial charge in [0, 0.05) is 38.9 Å². The van der Waals surface area contributed by atoms with E-state index in [2.05, 4.69) is 20.1 Å². The van der Waals surface area contributed by atoms with Gasteiger partial charge in [-0.15, -0.1) is 0 Å². The molecule has 3 rings (SSSR count). The number of carbonyl (C=O) groups is 1. The van der Waals surface area contributed by atoms with Gasteiger partial charge in [0.05, 0.1) is 27.9 Å². The minimum absolute atomic E-state index is 0.00922. The van der Waals surface area contributed by atoms with Crippen LogP contribution in [-0.2, 0) is 11.3 Å². The summed E-state index contributed by atoms with van der Waals surface area (Å²) in [6.07, 6.45) is 1.80. The Balaban J connectivity index is 1.49. The summed E-state index contributed by atoms with van der Waals surface area (Å²) in [7, 11) is 4.71. The lowest BCUT2D eigenvalue weighted by molar-refractivity contribution is -0.122. The number of piperazine rings is 1. The van der Waals surface area contributed by atoms with Crippen LogP contribution in [-0.4, -0.2) is 69.8 Å². The molecule has 29 heavy (non-hydrogen) atoms. The van der Waals surface area contributed by atoms with E-state index in [-0.39, 0.29) is 5.91 Å². The predicted octanol–water partition coefficient (Wildman–Crippen LogP) is 1.55. The first kappa shape index (κ1) is 20.7. The second kappa shape index (κ2) is 9.97. The second-order valence-electron chi connectivity index (χ2n) is 6.76. The molecule has 0 saturated carbocycles. The van der Waals surface area contributed by atoms with Gasteiger partial charge in [-0.1, -0.05) is 6.07 Å². The van der Waals surface area contributed by atoms with Gasteiger partial charge in [-0.25, -0.2) is 4.98 Å². The van der Waals surface area contributed by atoms with Gasteiger partial charge in [0.1, 0.15) is 5.82 Å². The number of aromatic nitrogens is 1. The molecule has 1 saturated heterocycles. The topological polar surface area (TPSA) is 76.2 Å². The molecule has 1 aromatic carbocycles. The average molecular weight is 400 g/mol. The van der Waals surface area contributed by atoms with E-state index in [1.807, 2.05) is 30.3 Å². The maximum atomic E-state index is 12.4. The third-order valence-corrected chi connectivity index (χ3v) is 4.93. The van der Waals surface area contributed by atoms with Crippen molar-refractivity contribution in [3.63, 3.8) is 0 Å². The van der Waals surface area contributed by atoms with E-state index >= 15 is 0 Å². The molecule has 0 radical (unpaired) electrons. The van der Waals surface area contributed by atoms with Crippen LogP contribution >= 0.6 is 0 Å². The van der Waals surface area contributed by atoms with Crippen molar-refractivity contribution in [2.75, 3.05) is 59.0 Å². The van der Waals surface area contributed by atoms with E-state index in [1.54, 1.807) is 27.5 Å². The van der Waals surface area contributed by atoms with Crippen LogP contribution in [0.4, 0.5) is 5.82 Å². The van der Waals surface area contributed by atoms with Gasteiger partial charge in [-0.05, 0) is 29.8 Å². The SMILES string of the molecule is COc1cc(CNC(=O)CN2CCN(c3ccccn3)CC2)cc(OC)c1OC. The normalized spacial score (nSPS) is 14.4. The lowest BCUT2D eigenvalue weighted by Crippen LogP contribution is -2.49. The molecule has 8 nitrogen and oxygen atoms in total. The summed E-state index contributed by atoms with van der Waals surface area (Å²) in [4.78, 5) is 21.2. The van der Waals surface area contributed by atoms with E-state index < -0.39 is 0 Å². The second-order valence-corrected chi connectivity index (χ2v) is 6.76. The molecule has 1 N–H and O–H groups in total. The van der Waals surface area contributed by atoms with Crippen LogP contribution in [0.25, 0.3) is 0 Å². The van der Waals surface area contributed by atoms with E-state index in [4.69, 9.17) is 14.2 Å². The first-order chi connectivity index (χ1) is 14.1. The Morgan fingerprint density at radius 1 is 1.03 bits per heavy atom. The van der Waals surface area contributed by atoms with E-state index in [0.717, 1.165) is 37.6 Å². The molecule has 0 spiro atoms. The van der Waals surface area contributed by atoms with Gasteiger partial charge in [-0.2, -0.15) is 0 Å². The molecular weight excluding hydrogens is 372 g/mol. The number of anilines is 1. The first-order valence-corrected chi connectivity index (χ1v) is 9.58. The highest BCUT2D eigenvalue weighted by atomic mass is 16.5. The lowest BCUT2D eigenvalue weighted by Gasteiger charge is -2.34. The minimum atomic E-state index is -0.00922. The van der Waals surface area contributed by atoms with Gasteiger partial charge in [0.2, 0.25) is 11.7 Å². The summed E-state index contributed by atoms with van der Waals surface area (Å²) < 4.78 is 16.0. The monoisotopic (exact) mass is 400 g/mol. The van der Waals surface area contributed by atoms with Crippen molar-refractivity contribution in [1.82, 2.24) is 15.2 Å². The maximum absolute atomic E-state index is 12.4. The van der Waals surface area contributed by atoms with Crippen LogP contribution in [0.3, 0.4) is 0 Å². The van der Waals surface area contributed by atoms with Crippen LogP contribution in [0.15, 0.2) is 36.5 Å². The van der Waals surface area contributed by atoms with Crippen molar-refractivity contribution >= 4 is 11.7 Å². The number of hydrogen-bond acceptors (Lipinski definition) is 7. The van der Waals surface area contributed by atoms with Crippen LogP contribution in [0, 0.1) is 0 Å². The zero-order valence-corrected chi connectivity index (χ0v) is 17.2. The Bertz CT molecular complexity index is 783. The number of carbonyl (C=O) groups excluding carboxylic acids is 1.